The van der Waals surface area contributed by atoms with E-state index in [1.165, 1.54) is 24.2 Å². The molecule has 1 saturated heterocycles. The molecular formula is C20H19N3OS. The van der Waals surface area contributed by atoms with Crippen LogP contribution in [-0.2, 0) is 0 Å². The van der Waals surface area contributed by atoms with Crippen LogP contribution in [0, 0.1) is 0 Å². The lowest BCUT2D eigenvalue weighted by atomic mass is 10.1. The Balaban J connectivity index is 1.70. The monoisotopic (exact) mass is 349 g/mol. The summed E-state index contributed by atoms with van der Waals surface area (Å²) in [6.07, 6.45) is 2.37. The van der Waals surface area contributed by atoms with Crippen molar-refractivity contribution in [3.8, 4) is 11.3 Å². The smallest absolute Gasteiger partial charge is 0.268 e. The highest BCUT2D eigenvalue weighted by atomic mass is 32.1. The SMILES string of the molecule is O=C(Nc1ccccc1)c1sc(N2CCCC2)nc1-c1ccccc1. The van der Waals surface area contributed by atoms with Crippen LogP contribution in [0.2, 0.25) is 0 Å². The van der Waals surface area contributed by atoms with Crippen molar-refractivity contribution in [3.05, 3.63) is 65.5 Å². The maximum atomic E-state index is 12.9. The molecule has 2 aromatic carbocycles. The van der Waals surface area contributed by atoms with Crippen LogP contribution in [0.25, 0.3) is 11.3 Å². The normalized spacial score (nSPS) is 13.8. The third-order valence-electron chi connectivity index (χ3n) is 4.28. The van der Waals surface area contributed by atoms with E-state index in [-0.39, 0.29) is 5.91 Å². The molecule has 1 aliphatic rings. The molecular weight excluding hydrogens is 330 g/mol. The zero-order valence-corrected chi connectivity index (χ0v) is 14.6. The highest BCUT2D eigenvalue weighted by molar-refractivity contribution is 7.18. The second-order valence-electron chi connectivity index (χ2n) is 6.05. The van der Waals surface area contributed by atoms with Gasteiger partial charge in [0, 0.05) is 24.3 Å². The van der Waals surface area contributed by atoms with Crippen LogP contribution in [0.1, 0.15) is 22.5 Å². The molecule has 0 radical (unpaired) electrons. The lowest BCUT2D eigenvalue weighted by molar-refractivity contribution is 0.103. The zero-order chi connectivity index (χ0) is 17.1. The van der Waals surface area contributed by atoms with E-state index in [9.17, 15) is 4.79 Å². The Labute approximate surface area is 151 Å². The first kappa shape index (κ1) is 15.8. The summed E-state index contributed by atoms with van der Waals surface area (Å²) in [5.74, 6) is -0.104. The molecule has 0 unspecified atom stereocenters. The Bertz CT molecular complexity index is 855. The molecule has 4 rings (SSSR count). The van der Waals surface area contributed by atoms with Gasteiger partial charge < -0.3 is 10.2 Å². The number of rotatable bonds is 4. The number of nitrogens with zero attached hydrogens (tertiary/aromatic N) is 2. The number of amides is 1. The standard InChI is InChI=1S/C20H19N3OS/c24-19(21-16-11-5-2-6-12-16)18-17(15-9-3-1-4-10-15)22-20(25-18)23-13-7-8-14-23/h1-6,9-12H,7-8,13-14H2,(H,21,24). The lowest BCUT2D eigenvalue weighted by Crippen LogP contribution is -2.17. The number of aromatic nitrogens is 1. The fourth-order valence-electron chi connectivity index (χ4n) is 3.01. The van der Waals surface area contributed by atoms with E-state index in [0.29, 0.717) is 4.88 Å². The number of hydrogen-bond donors (Lipinski definition) is 1. The summed E-state index contributed by atoms with van der Waals surface area (Å²) in [5.41, 5.74) is 2.53. The lowest BCUT2D eigenvalue weighted by Gasteiger charge is -2.12. The van der Waals surface area contributed by atoms with Crippen molar-refractivity contribution in [3.63, 3.8) is 0 Å². The molecule has 1 aromatic heterocycles. The molecule has 2 heterocycles. The predicted octanol–water partition coefficient (Wildman–Crippen LogP) is 4.66. The van der Waals surface area contributed by atoms with Gasteiger partial charge >= 0.3 is 0 Å². The van der Waals surface area contributed by atoms with Crippen molar-refractivity contribution >= 4 is 28.1 Å². The van der Waals surface area contributed by atoms with Gasteiger partial charge in [0.2, 0.25) is 0 Å². The van der Waals surface area contributed by atoms with Gasteiger partial charge in [-0.25, -0.2) is 4.98 Å². The summed E-state index contributed by atoms with van der Waals surface area (Å²) in [4.78, 5) is 20.6. The molecule has 1 amide bonds. The Morgan fingerprint density at radius 3 is 2.28 bits per heavy atom. The summed E-state index contributed by atoms with van der Waals surface area (Å²) >= 11 is 1.48. The fourth-order valence-corrected chi connectivity index (χ4v) is 4.04. The van der Waals surface area contributed by atoms with Crippen LogP contribution in [0.3, 0.4) is 0 Å². The average Bonchev–Trinajstić information content (AvgIpc) is 3.33. The van der Waals surface area contributed by atoms with Crippen molar-refractivity contribution in [2.24, 2.45) is 0 Å². The van der Waals surface area contributed by atoms with Crippen molar-refractivity contribution in [2.75, 3.05) is 23.3 Å². The van der Waals surface area contributed by atoms with Gasteiger partial charge in [-0.15, -0.1) is 0 Å². The van der Waals surface area contributed by atoms with Gasteiger partial charge in [0.05, 0.1) is 5.69 Å². The number of carbonyl (C=O) groups excluding carboxylic acids is 1. The summed E-state index contributed by atoms with van der Waals surface area (Å²) in [7, 11) is 0. The Morgan fingerprint density at radius 2 is 1.60 bits per heavy atom. The van der Waals surface area contributed by atoms with E-state index in [1.807, 2.05) is 60.7 Å². The van der Waals surface area contributed by atoms with Gasteiger partial charge in [0.15, 0.2) is 5.13 Å². The first-order chi connectivity index (χ1) is 12.3. The van der Waals surface area contributed by atoms with Gasteiger partial charge in [-0.3, -0.25) is 4.79 Å². The van der Waals surface area contributed by atoms with E-state index in [2.05, 4.69) is 10.2 Å². The number of para-hydroxylation sites is 1. The summed E-state index contributed by atoms with van der Waals surface area (Å²) in [6, 6.07) is 19.5. The molecule has 0 saturated carbocycles. The van der Waals surface area contributed by atoms with Gasteiger partial charge in [0.1, 0.15) is 4.88 Å². The first-order valence-electron chi connectivity index (χ1n) is 8.49. The van der Waals surface area contributed by atoms with Gasteiger partial charge in [-0.05, 0) is 25.0 Å². The zero-order valence-electron chi connectivity index (χ0n) is 13.8. The second-order valence-corrected chi connectivity index (χ2v) is 7.03. The van der Waals surface area contributed by atoms with Crippen LogP contribution in [0.5, 0.6) is 0 Å². The largest absolute Gasteiger partial charge is 0.348 e. The molecule has 1 aliphatic heterocycles. The minimum absolute atomic E-state index is 0.104. The average molecular weight is 349 g/mol. The highest BCUT2D eigenvalue weighted by Gasteiger charge is 2.23. The molecule has 0 atom stereocenters. The van der Waals surface area contributed by atoms with E-state index in [0.717, 1.165) is 35.2 Å². The van der Waals surface area contributed by atoms with Crippen LogP contribution in [-0.4, -0.2) is 24.0 Å². The molecule has 4 nitrogen and oxygen atoms in total. The summed E-state index contributed by atoms with van der Waals surface area (Å²) in [6.45, 7) is 2.03. The summed E-state index contributed by atoms with van der Waals surface area (Å²) < 4.78 is 0. The number of benzene rings is 2. The fraction of sp³-hybridized carbons (Fsp3) is 0.200. The van der Waals surface area contributed by atoms with Gasteiger partial charge in [-0.1, -0.05) is 59.9 Å². The number of hydrogen-bond acceptors (Lipinski definition) is 4. The molecule has 5 heteroatoms. The molecule has 1 N–H and O–H groups in total. The number of thiazole rings is 1. The van der Waals surface area contributed by atoms with Gasteiger partial charge in [0.25, 0.3) is 5.91 Å². The third kappa shape index (κ3) is 3.42. The summed E-state index contributed by atoms with van der Waals surface area (Å²) in [5, 5.41) is 3.92. The quantitative estimate of drug-likeness (QED) is 0.745. The Hall–Kier alpha value is -2.66. The highest BCUT2D eigenvalue weighted by Crippen LogP contribution is 2.35. The van der Waals surface area contributed by atoms with Crippen molar-refractivity contribution in [1.82, 2.24) is 4.98 Å². The molecule has 1 fully saturated rings. The van der Waals surface area contributed by atoms with Crippen LogP contribution in [0.15, 0.2) is 60.7 Å². The molecule has 0 aliphatic carbocycles. The minimum Gasteiger partial charge on any atom is -0.348 e. The molecule has 0 bridgehead atoms. The first-order valence-corrected chi connectivity index (χ1v) is 9.30. The van der Waals surface area contributed by atoms with Crippen molar-refractivity contribution in [1.29, 1.82) is 0 Å². The van der Waals surface area contributed by atoms with E-state index in [4.69, 9.17) is 4.98 Å². The number of nitrogens with one attached hydrogen (secondary N) is 1. The van der Waals surface area contributed by atoms with Gasteiger partial charge in [-0.2, -0.15) is 0 Å². The Kier molecular flexibility index (Phi) is 4.48. The number of carbonyl (C=O) groups is 1. The van der Waals surface area contributed by atoms with Crippen molar-refractivity contribution in [2.45, 2.75) is 12.8 Å². The molecule has 3 aromatic rings. The van der Waals surface area contributed by atoms with Crippen LogP contribution in [0.4, 0.5) is 10.8 Å². The van der Waals surface area contributed by atoms with Crippen molar-refractivity contribution < 1.29 is 4.79 Å². The number of anilines is 2. The molecule has 0 spiro atoms. The third-order valence-corrected chi connectivity index (χ3v) is 5.39. The maximum Gasteiger partial charge on any atom is 0.268 e. The molecule has 126 valence electrons. The van der Waals surface area contributed by atoms with Crippen LogP contribution < -0.4 is 10.2 Å². The maximum absolute atomic E-state index is 12.9. The van der Waals surface area contributed by atoms with E-state index in [1.54, 1.807) is 0 Å². The second kappa shape index (κ2) is 7.07. The molecule has 25 heavy (non-hydrogen) atoms. The Morgan fingerprint density at radius 1 is 0.960 bits per heavy atom. The topological polar surface area (TPSA) is 45.2 Å². The predicted molar refractivity (Wildman–Crippen MR) is 103 cm³/mol. The van der Waals surface area contributed by atoms with E-state index >= 15 is 0 Å². The van der Waals surface area contributed by atoms with Crippen LogP contribution >= 0.6 is 11.3 Å². The van der Waals surface area contributed by atoms with E-state index < -0.39 is 0 Å². The minimum atomic E-state index is -0.104.